The number of nitrogens with zero attached hydrogens (tertiary/aromatic N) is 2. The maximum atomic E-state index is 14.0. The lowest BCUT2D eigenvalue weighted by Crippen LogP contribution is -2.49. The summed E-state index contributed by atoms with van der Waals surface area (Å²) in [4.78, 5) is 17.9. The highest BCUT2D eigenvalue weighted by molar-refractivity contribution is 14.0. The third-order valence-corrected chi connectivity index (χ3v) is 5.09. The summed E-state index contributed by atoms with van der Waals surface area (Å²) in [6.45, 7) is 5.08. The Morgan fingerprint density at radius 2 is 1.81 bits per heavy atom. The Hall–Kier alpha value is -2.40. The number of guanidine groups is 1. The van der Waals surface area contributed by atoms with Crippen molar-refractivity contribution in [3.63, 3.8) is 0 Å². The average Bonchev–Trinajstić information content (AvgIpc) is 2.76. The Morgan fingerprint density at radius 1 is 1.16 bits per heavy atom. The molecule has 0 spiro atoms. The molecule has 1 fully saturated rings. The van der Waals surface area contributed by atoms with Gasteiger partial charge < -0.3 is 21.1 Å². The summed E-state index contributed by atoms with van der Waals surface area (Å²) < 4.78 is 19.8. The van der Waals surface area contributed by atoms with Crippen LogP contribution in [0, 0.1) is 5.82 Å². The Labute approximate surface area is 205 Å². The zero-order chi connectivity index (χ0) is 22.1. The summed E-state index contributed by atoms with van der Waals surface area (Å²) in [5.41, 5.74) is 6.15. The van der Waals surface area contributed by atoms with Crippen LogP contribution in [0.5, 0.6) is 11.5 Å². The third-order valence-electron chi connectivity index (χ3n) is 5.09. The van der Waals surface area contributed by atoms with Crippen LogP contribution in [-0.2, 0) is 11.3 Å². The molecule has 9 heteroatoms. The van der Waals surface area contributed by atoms with Crippen molar-refractivity contribution in [1.82, 2.24) is 15.5 Å². The summed E-state index contributed by atoms with van der Waals surface area (Å²) in [6, 6.07) is 14.1. The number of nitrogens with two attached hydrogens (primary N) is 1. The van der Waals surface area contributed by atoms with Gasteiger partial charge in [-0.3, -0.25) is 9.69 Å². The zero-order valence-corrected chi connectivity index (χ0v) is 20.6. The highest BCUT2D eigenvalue weighted by Gasteiger charge is 2.20. The molecule has 0 atom stereocenters. The van der Waals surface area contributed by atoms with Gasteiger partial charge in [0, 0.05) is 31.2 Å². The number of benzene rings is 2. The molecule has 0 radical (unpaired) electrons. The SMILES string of the molecule is CCNC(=NCc1ccccc1Oc1ccccc1F)NC1CCN(CC(N)=O)CC1.I. The average molecular weight is 555 g/mol. The minimum absolute atomic E-state index is 0. The molecule has 1 heterocycles. The molecule has 4 N–H and O–H groups in total. The van der Waals surface area contributed by atoms with E-state index < -0.39 is 5.82 Å². The van der Waals surface area contributed by atoms with Crippen LogP contribution in [-0.4, -0.2) is 49.0 Å². The van der Waals surface area contributed by atoms with Crippen LogP contribution in [0.25, 0.3) is 0 Å². The van der Waals surface area contributed by atoms with Gasteiger partial charge in [0.2, 0.25) is 5.91 Å². The van der Waals surface area contributed by atoms with Gasteiger partial charge in [0.25, 0.3) is 0 Å². The molecule has 32 heavy (non-hydrogen) atoms. The van der Waals surface area contributed by atoms with Crippen LogP contribution in [0.15, 0.2) is 53.5 Å². The van der Waals surface area contributed by atoms with Crippen LogP contribution in [0.4, 0.5) is 4.39 Å². The first kappa shape index (κ1) is 25.9. The fraction of sp³-hybridized carbons (Fsp3) is 0.391. The number of amides is 1. The summed E-state index contributed by atoms with van der Waals surface area (Å²) in [5, 5.41) is 6.75. The first-order valence-corrected chi connectivity index (χ1v) is 10.6. The number of aliphatic imine (C=N–C) groups is 1. The molecule has 174 valence electrons. The predicted octanol–water partition coefficient (Wildman–Crippen LogP) is 3.24. The highest BCUT2D eigenvalue weighted by atomic mass is 127. The van der Waals surface area contributed by atoms with Crippen LogP contribution in [0.1, 0.15) is 25.3 Å². The molecule has 7 nitrogen and oxygen atoms in total. The maximum absolute atomic E-state index is 14.0. The summed E-state index contributed by atoms with van der Waals surface area (Å²) in [6.07, 6.45) is 1.81. The molecule has 0 saturated carbocycles. The van der Waals surface area contributed by atoms with Crippen molar-refractivity contribution in [3.05, 3.63) is 59.9 Å². The molecular formula is C23H31FIN5O2. The monoisotopic (exact) mass is 555 g/mol. The van der Waals surface area contributed by atoms with Crippen molar-refractivity contribution >= 4 is 35.8 Å². The molecule has 1 saturated heterocycles. The standard InChI is InChI=1S/C23H30FN5O2.HI/c1-2-26-23(28-18-11-13-29(14-12-18)16-22(25)30)27-15-17-7-3-5-9-20(17)31-21-10-6-4-8-19(21)24;/h3-10,18H,2,11-16H2,1H3,(H2,25,30)(H2,26,27,28);1H. The number of rotatable bonds is 8. The van der Waals surface area contributed by atoms with Crippen molar-refractivity contribution in [1.29, 1.82) is 0 Å². The van der Waals surface area contributed by atoms with E-state index in [-0.39, 0.29) is 41.7 Å². The quantitative estimate of drug-likeness (QED) is 0.265. The van der Waals surface area contributed by atoms with Gasteiger partial charge in [-0.25, -0.2) is 9.38 Å². The number of likely N-dealkylation sites (tertiary alicyclic amines) is 1. The van der Waals surface area contributed by atoms with E-state index in [9.17, 15) is 9.18 Å². The Balaban J connectivity index is 0.00000363. The summed E-state index contributed by atoms with van der Waals surface area (Å²) in [7, 11) is 0. The van der Waals surface area contributed by atoms with Gasteiger partial charge in [0.05, 0.1) is 13.1 Å². The number of nitrogens with one attached hydrogen (secondary N) is 2. The number of carbonyl (C=O) groups is 1. The fourth-order valence-electron chi connectivity index (χ4n) is 3.51. The number of hydrogen-bond acceptors (Lipinski definition) is 4. The van der Waals surface area contributed by atoms with Gasteiger partial charge in [-0.05, 0) is 38.0 Å². The third kappa shape index (κ3) is 7.94. The van der Waals surface area contributed by atoms with E-state index in [0.717, 1.165) is 44.0 Å². The van der Waals surface area contributed by atoms with Gasteiger partial charge in [-0.15, -0.1) is 24.0 Å². The lowest BCUT2D eigenvalue weighted by atomic mass is 10.1. The van der Waals surface area contributed by atoms with E-state index >= 15 is 0 Å². The molecule has 0 unspecified atom stereocenters. The number of piperidine rings is 1. The number of hydrogen-bond donors (Lipinski definition) is 3. The van der Waals surface area contributed by atoms with Crippen molar-refractivity contribution in [2.75, 3.05) is 26.2 Å². The smallest absolute Gasteiger partial charge is 0.231 e. The first-order valence-electron chi connectivity index (χ1n) is 10.6. The number of primary amides is 1. The molecule has 2 aromatic rings. The van der Waals surface area contributed by atoms with Gasteiger partial charge in [0.15, 0.2) is 17.5 Å². The Morgan fingerprint density at radius 3 is 2.47 bits per heavy atom. The predicted molar refractivity (Wildman–Crippen MR) is 135 cm³/mol. The van der Waals surface area contributed by atoms with Crippen molar-refractivity contribution < 1.29 is 13.9 Å². The summed E-state index contributed by atoms with van der Waals surface area (Å²) in [5.74, 6) is 0.784. The van der Waals surface area contributed by atoms with E-state index in [1.165, 1.54) is 6.07 Å². The zero-order valence-electron chi connectivity index (χ0n) is 18.2. The minimum Gasteiger partial charge on any atom is -0.454 e. The van der Waals surface area contributed by atoms with Crippen LogP contribution in [0.2, 0.25) is 0 Å². The number of halogens is 2. The van der Waals surface area contributed by atoms with Crippen molar-refractivity contribution in [2.45, 2.75) is 32.4 Å². The second-order valence-corrected chi connectivity index (χ2v) is 7.50. The van der Waals surface area contributed by atoms with E-state index in [2.05, 4.69) is 15.5 Å². The van der Waals surface area contributed by atoms with Crippen molar-refractivity contribution in [2.24, 2.45) is 10.7 Å². The molecule has 0 bridgehead atoms. The minimum atomic E-state index is -0.404. The van der Waals surface area contributed by atoms with Gasteiger partial charge >= 0.3 is 0 Å². The van der Waals surface area contributed by atoms with E-state index in [4.69, 9.17) is 15.5 Å². The van der Waals surface area contributed by atoms with Crippen LogP contribution in [0.3, 0.4) is 0 Å². The molecule has 1 aliphatic heterocycles. The maximum Gasteiger partial charge on any atom is 0.231 e. The number of carbonyl (C=O) groups excluding carboxylic acids is 1. The molecule has 1 amide bonds. The molecule has 0 aliphatic carbocycles. The van der Waals surface area contributed by atoms with Gasteiger partial charge in [0.1, 0.15) is 5.75 Å². The summed E-state index contributed by atoms with van der Waals surface area (Å²) >= 11 is 0. The van der Waals surface area contributed by atoms with E-state index in [0.29, 0.717) is 18.8 Å². The fourth-order valence-corrected chi connectivity index (χ4v) is 3.51. The van der Waals surface area contributed by atoms with E-state index in [1.54, 1.807) is 18.2 Å². The lowest BCUT2D eigenvalue weighted by molar-refractivity contribution is -0.119. The Kier molecular flexibility index (Phi) is 10.7. The lowest BCUT2D eigenvalue weighted by Gasteiger charge is -2.32. The molecule has 2 aromatic carbocycles. The van der Waals surface area contributed by atoms with Crippen molar-refractivity contribution in [3.8, 4) is 11.5 Å². The molecule has 3 rings (SSSR count). The van der Waals surface area contributed by atoms with Crippen LogP contribution >= 0.6 is 24.0 Å². The largest absolute Gasteiger partial charge is 0.454 e. The van der Waals surface area contributed by atoms with E-state index in [1.807, 2.05) is 31.2 Å². The molecule has 1 aliphatic rings. The highest BCUT2D eigenvalue weighted by Crippen LogP contribution is 2.27. The molecular weight excluding hydrogens is 524 g/mol. The normalized spacial score (nSPS) is 15.0. The number of para-hydroxylation sites is 2. The Bertz CT molecular complexity index is 903. The van der Waals surface area contributed by atoms with Gasteiger partial charge in [-0.1, -0.05) is 30.3 Å². The second-order valence-electron chi connectivity index (χ2n) is 7.50. The van der Waals surface area contributed by atoms with Crippen LogP contribution < -0.4 is 21.1 Å². The topological polar surface area (TPSA) is 92.0 Å². The number of ether oxygens (including phenoxy) is 1. The second kappa shape index (κ2) is 13.2. The van der Waals surface area contributed by atoms with Gasteiger partial charge in [-0.2, -0.15) is 0 Å². The molecule has 0 aromatic heterocycles. The first-order chi connectivity index (χ1) is 15.0.